The van der Waals surface area contributed by atoms with Crippen LogP contribution in [0, 0.1) is 0 Å². The fraction of sp³-hybridized carbons (Fsp3) is 0.308. The summed E-state index contributed by atoms with van der Waals surface area (Å²) in [7, 11) is -0.309. The number of ether oxygens (including phenoxy) is 2. The zero-order valence-electron chi connectivity index (χ0n) is 19.5. The van der Waals surface area contributed by atoms with Crippen molar-refractivity contribution in [2.75, 3.05) is 33.9 Å². The van der Waals surface area contributed by atoms with Gasteiger partial charge in [-0.15, -0.1) is 12.4 Å². The Morgan fingerprint density at radius 1 is 0.912 bits per heavy atom. The van der Waals surface area contributed by atoms with Crippen molar-refractivity contribution in [1.29, 1.82) is 0 Å². The highest BCUT2D eigenvalue weighted by atomic mass is 35.5. The van der Waals surface area contributed by atoms with Crippen LogP contribution in [0.4, 0.5) is 0 Å². The molecule has 0 fully saturated rings. The van der Waals surface area contributed by atoms with E-state index in [4.69, 9.17) is 9.47 Å². The summed E-state index contributed by atoms with van der Waals surface area (Å²) in [6.45, 7) is 2.96. The summed E-state index contributed by atoms with van der Waals surface area (Å²) >= 11 is 0. The van der Waals surface area contributed by atoms with E-state index in [9.17, 15) is 8.42 Å². The molecule has 0 unspecified atom stereocenters. The molecule has 0 aromatic heterocycles. The zero-order chi connectivity index (χ0) is 23.3. The maximum absolute atomic E-state index is 13.0. The Morgan fingerprint density at radius 2 is 1.56 bits per heavy atom. The van der Waals surface area contributed by atoms with Crippen LogP contribution in [-0.2, 0) is 23.0 Å². The lowest BCUT2D eigenvalue weighted by atomic mass is 9.98. The average molecular weight is 503 g/mol. The van der Waals surface area contributed by atoms with E-state index in [2.05, 4.69) is 15.7 Å². The molecular formula is C26H31ClN2O4S. The minimum atomic E-state index is -3.61. The fourth-order valence-electron chi connectivity index (χ4n) is 4.28. The Hall–Kier alpha value is -2.58. The van der Waals surface area contributed by atoms with Gasteiger partial charge in [-0.05, 0) is 54.3 Å². The predicted molar refractivity (Wildman–Crippen MR) is 137 cm³/mol. The monoisotopic (exact) mass is 502 g/mol. The quantitative estimate of drug-likeness (QED) is 0.436. The van der Waals surface area contributed by atoms with Crippen LogP contribution >= 0.6 is 12.4 Å². The number of sulfonamides is 1. The third-order valence-corrected chi connectivity index (χ3v) is 7.52. The third kappa shape index (κ3) is 5.91. The number of methoxy groups -OCH3 is 2. The molecule has 34 heavy (non-hydrogen) atoms. The summed E-state index contributed by atoms with van der Waals surface area (Å²) in [5.74, 6) is 1.50. The largest absolute Gasteiger partial charge is 0.493 e. The molecule has 0 radical (unpaired) electrons. The number of nitrogens with one attached hydrogen (secondary N) is 1. The molecule has 1 aliphatic rings. The molecule has 3 aromatic rings. The van der Waals surface area contributed by atoms with Crippen molar-refractivity contribution in [2.24, 2.45) is 0 Å². The molecule has 0 bridgehead atoms. The van der Waals surface area contributed by atoms with Crippen molar-refractivity contribution in [3.8, 4) is 22.6 Å². The second-order valence-electron chi connectivity index (χ2n) is 8.12. The van der Waals surface area contributed by atoms with E-state index in [0.717, 1.165) is 49.5 Å². The van der Waals surface area contributed by atoms with Crippen LogP contribution in [-0.4, -0.2) is 47.2 Å². The lowest BCUT2D eigenvalue weighted by Gasteiger charge is -2.29. The van der Waals surface area contributed by atoms with Crippen molar-refractivity contribution < 1.29 is 17.9 Å². The molecule has 182 valence electrons. The first-order valence-electron chi connectivity index (χ1n) is 11.1. The molecule has 6 nitrogen and oxygen atoms in total. The lowest BCUT2D eigenvalue weighted by Crippen LogP contribution is -2.34. The first kappa shape index (κ1) is 26.0. The number of rotatable bonds is 9. The Balaban J connectivity index is 0.00000324. The highest BCUT2D eigenvalue weighted by Gasteiger charge is 2.21. The molecule has 0 amide bonds. The van der Waals surface area contributed by atoms with Crippen molar-refractivity contribution in [1.82, 2.24) is 9.62 Å². The van der Waals surface area contributed by atoms with Gasteiger partial charge in [0.25, 0.3) is 0 Å². The number of halogens is 1. The zero-order valence-corrected chi connectivity index (χ0v) is 21.1. The van der Waals surface area contributed by atoms with E-state index in [1.54, 1.807) is 26.4 Å². The van der Waals surface area contributed by atoms with Crippen molar-refractivity contribution >= 4 is 22.4 Å². The topological polar surface area (TPSA) is 67.9 Å². The second-order valence-corrected chi connectivity index (χ2v) is 9.85. The van der Waals surface area contributed by atoms with Crippen LogP contribution in [0.1, 0.15) is 17.5 Å². The Kier molecular flexibility index (Phi) is 8.97. The molecule has 3 aromatic carbocycles. The van der Waals surface area contributed by atoms with E-state index in [1.807, 2.05) is 48.5 Å². The number of hydrogen-bond acceptors (Lipinski definition) is 5. The number of hydrogen-bond donors (Lipinski definition) is 1. The second kappa shape index (κ2) is 11.7. The Labute approximate surface area is 208 Å². The van der Waals surface area contributed by atoms with Gasteiger partial charge in [-0.3, -0.25) is 4.90 Å². The van der Waals surface area contributed by atoms with Gasteiger partial charge < -0.3 is 9.47 Å². The van der Waals surface area contributed by atoms with Crippen molar-refractivity contribution in [3.63, 3.8) is 0 Å². The summed E-state index contributed by atoms with van der Waals surface area (Å²) in [6.07, 6.45) is 1.67. The van der Waals surface area contributed by atoms with E-state index in [0.29, 0.717) is 17.0 Å². The van der Waals surface area contributed by atoms with Gasteiger partial charge >= 0.3 is 0 Å². The van der Waals surface area contributed by atoms with E-state index < -0.39 is 10.0 Å². The number of nitrogens with zero attached hydrogens (tertiary/aromatic N) is 1. The van der Waals surface area contributed by atoms with Crippen LogP contribution in [0.15, 0.2) is 71.6 Å². The van der Waals surface area contributed by atoms with Crippen molar-refractivity contribution in [3.05, 3.63) is 77.9 Å². The summed E-state index contributed by atoms with van der Waals surface area (Å²) in [4.78, 5) is 2.66. The molecule has 0 saturated heterocycles. The fourth-order valence-corrected chi connectivity index (χ4v) is 5.58. The molecule has 0 aliphatic carbocycles. The smallest absolute Gasteiger partial charge is 0.241 e. The maximum atomic E-state index is 13.0. The summed E-state index contributed by atoms with van der Waals surface area (Å²) in [5, 5.41) is 0. The molecule has 8 heteroatoms. The minimum Gasteiger partial charge on any atom is -0.493 e. The predicted octanol–water partition coefficient (Wildman–Crippen LogP) is 4.52. The molecule has 4 rings (SSSR count). The summed E-state index contributed by atoms with van der Waals surface area (Å²) in [6, 6.07) is 20.8. The highest BCUT2D eigenvalue weighted by molar-refractivity contribution is 7.89. The average Bonchev–Trinajstić information content (AvgIpc) is 2.86. The van der Waals surface area contributed by atoms with Gasteiger partial charge in [0.2, 0.25) is 10.0 Å². The Bertz CT molecular complexity index is 1200. The van der Waals surface area contributed by atoms with Crippen LogP contribution < -0.4 is 14.2 Å². The van der Waals surface area contributed by atoms with Crippen LogP contribution in [0.25, 0.3) is 11.1 Å². The third-order valence-electron chi connectivity index (χ3n) is 6.00. The molecule has 0 saturated carbocycles. The summed E-state index contributed by atoms with van der Waals surface area (Å²) in [5.41, 5.74) is 4.11. The normalized spacial score (nSPS) is 13.6. The van der Waals surface area contributed by atoms with Gasteiger partial charge in [-0.25, -0.2) is 13.1 Å². The molecule has 1 aliphatic heterocycles. The maximum Gasteiger partial charge on any atom is 0.241 e. The van der Waals surface area contributed by atoms with Gasteiger partial charge in [0, 0.05) is 25.2 Å². The number of benzene rings is 3. The molecule has 1 N–H and O–H groups in total. The SMILES string of the molecule is COc1cc2c(cc1OC)CN(CCCNS(=O)(=O)c1ccccc1-c1ccccc1)CC2.Cl. The minimum absolute atomic E-state index is 0. The lowest BCUT2D eigenvalue weighted by molar-refractivity contribution is 0.250. The molecular weight excluding hydrogens is 472 g/mol. The Morgan fingerprint density at radius 3 is 2.26 bits per heavy atom. The molecule has 1 heterocycles. The molecule has 0 spiro atoms. The van der Waals surface area contributed by atoms with E-state index in [1.165, 1.54) is 11.1 Å². The molecule has 0 atom stereocenters. The van der Waals surface area contributed by atoms with Crippen molar-refractivity contribution in [2.45, 2.75) is 24.3 Å². The van der Waals surface area contributed by atoms with Gasteiger partial charge in [0.05, 0.1) is 19.1 Å². The number of fused-ring (bicyclic) bond motifs is 1. The van der Waals surface area contributed by atoms with Gasteiger partial charge in [-0.1, -0.05) is 48.5 Å². The van der Waals surface area contributed by atoms with Crippen LogP contribution in [0.2, 0.25) is 0 Å². The van der Waals surface area contributed by atoms with Gasteiger partial charge in [0.1, 0.15) is 0 Å². The first-order chi connectivity index (χ1) is 16.0. The summed E-state index contributed by atoms with van der Waals surface area (Å²) < 4.78 is 39.7. The standard InChI is InChI=1S/C26H30N2O4S.ClH/c1-31-24-17-21-13-16-28(19-22(21)18-25(24)32-2)15-8-14-27-33(29,30)26-12-7-6-11-23(26)20-9-4-3-5-10-20;/h3-7,9-12,17-18,27H,8,13-16,19H2,1-2H3;1H. The highest BCUT2D eigenvalue weighted by Crippen LogP contribution is 2.33. The van der Waals surface area contributed by atoms with Crippen LogP contribution in [0.3, 0.4) is 0 Å². The van der Waals surface area contributed by atoms with E-state index in [-0.39, 0.29) is 12.4 Å². The van der Waals surface area contributed by atoms with E-state index >= 15 is 0 Å². The van der Waals surface area contributed by atoms with Crippen LogP contribution in [0.5, 0.6) is 11.5 Å². The van der Waals surface area contributed by atoms with Gasteiger partial charge in [0.15, 0.2) is 11.5 Å². The van der Waals surface area contributed by atoms with Gasteiger partial charge in [-0.2, -0.15) is 0 Å². The first-order valence-corrected chi connectivity index (χ1v) is 12.6.